The molecular formula is C27H27N5S. The van der Waals surface area contributed by atoms with Gasteiger partial charge in [-0.1, -0.05) is 25.1 Å². The van der Waals surface area contributed by atoms with Gasteiger partial charge in [0.15, 0.2) is 5.11 Å². The topological polar surface area (TPSA) is 46.0 Å². The maximum atomic E-state index is 5.88. The Labute approximate surface area is 200 Å². The molecule has 1 saturated heterocycles. The first-order chi connectivity index (χ1) is 16.1. The minimum absolute atomic E-state index is 0.0310. The molecule has 4 heterocycles. The molecule has 166 valence electrons. The summed E-state index contributed by atoms with van der Waals surface area (Å²) in [5, 5.41) is 4.28. The van der Waals surface area contributed by atoms with Crippen LogP contribution < -0.4 is 10.2 Å². The molecule has 2 atom stereocenters. The second-order valence-corrected chi connectivity index (χ2v) is 8.78. The molecule has 0 aliphatic carbocycles. The quantitative estimate of drug-likeness (QED) is 0.397. The van der Waals surface area contributed by atoms with Gasteiger partial charge < -0.3 is 14.8 Å². The Kier molecular flexibility index (Phi) is 5.68. The number of anilines is 1. The normalized spacial score (nSPS) is 17.9. The van der Waals surface area contributed by atoms with Gasteiger partial charge in [0.25, 0.3) is 0 Å². The van der Waals surface area contributed by atoms with Gasteiger partial charge in [0.2, 0.25) is 0 Å². The second kappa shape index (κ2) is 8.79. The first-order valence-electron chi connectivity index (χ1n) is 11.3. The molecule has 5 rings (SSSR count). The van der Waals surface area contributed by atoms with Crippen LogP contribution in [0.3, 0.4) is 0 Å². The zero-order valence-electron chi connectivity index (χ0n) is 19.1. The zero-order valence-corrected chi connectivity index (χ0v) is 19.9. The van der Waals surface area contributed by atoms with Crippen molar-refractivity contribution in [2.75, 3.05) is 4.90 Å². The predicted octanol–water partition coefficient (Wildman–Crippen LogP) is 5.62. The average Bonchev–Trinajstić information content (AvgIpc) is 3.35. The fourth-order valence-electron chi connectivity index (χ4n) is 4.81. The van der Waals surface area contributed by atoms with Crippen molar-refractivity contribution < 1.29 is 0 Å². The standard InChI is InChI=1S/C27H27N5S/c1-4-20-10-12-21(13-11-20)32-26(25(30-27(32)33)24-9-5-6-15-29-24)23-16-18(2)31(19(23)3)22-8-7-14-28-17-22/h5-17,25-26H,4H2,1-3H3,(H,30,33)/t25-,26+/m1/s1. The fourth-order valence-corrected chi connectivity index (χ4v) is 5.16. The van der Waals surface area contributed by atoms with Gasteiger partial charge in [-0.15, -0.1) is 0 Å². The molecule has 1 fully saturated rings. The van der Waals surface area contributed by atoms with Crippen molar-refractivity contribution in [1.82, 2.24) is 19.9 Å². The number of hydrogen-bond acceptors (Lipinski definition) is 3. The molecule has 1 aliphatic heterocycles. The summed E-state index contributed by atoms with van der Waals surface area (Å²) in [5.74, 6) is 0. The SMILES string of the molecule is CCc1ccc(N2C(=S)N[C@H](c3ccccn3)[C@@H]2c2cc(C)n(-c3cccnc3)c2C)cc1. The third-order valence-electron chi connectivity index (χ3n) is 6.41. The smallest absolute Gasteiger partial charge is 0.174 e. The van der Waals surface area contributed by atoms with Crippen LogP contribution in [0.5, 0.6) is 0 Å². The lowest BCUT2D eigenvalue weighted by Gasteiger charge is -2.28. The molecule has 0 unspecified atom stereocenters. The van der Waals surface area contributed by atoms with Crippen molar-refractivity contribution in [1.29, 1.82) is 0 Å². The lowest BCUT2D eigenvalue weighted by molar-refractivity contribution is 0.565. The van der Waals surface area contributed by atoms with E-state index in [4.69, 9.17) is 12.2 Å². The summed E-state index contributed by atoms with van der Waals surface area (Å²) in [5.41, 5.74) is 7.98. The molecular weight excluding hydrogens is 426 g/mol. The molecule has 1 aromatic carbocycles. The summed E-state index contributed by atoms with van der Waals surface area (Å²) < 4.78 is 2.26. The molecule has 4 aromatic rings. The second-order valence-electron chi connectivity index (χ2n) is 8.39. The molecule has 3 aromatic heterocycles. The number of nitrogens with one attached hydrogen (secondary N) is 1. The molecule has 1 aliphatic rings. The molecule has 0 amide bonds. The largest absolute Gasteiger partial charge is 0.351 e. The summed E-state index contributed by atoms with van der Waals surface area (Å²) in [4.78, 5) is 11.2. The Balaban J connectivity index is 1.66. The molecule has 33 heavy (non-hydrogen) atoms. The number of benzene rings is 1. The van der Waals surface area contributed by atoms with E-state index in [9.17, 15) is 0 Å². The Morgan fingerprint density at radius 1 is 0.970 bits per heavy atom. The first kappa shape index (κ1) is 21.3. The van der Waals surface area contributed by atoms with Crippen LogP contribution in [0.1, 0.15) is 47.2 Å². The molecule has 0 spiro atoms. The average molecular weight is 454 g/mol. The Bertz CT molecular complexity index is 1270. The minimum atomic E-state index is -0.0626. The van der Waals surface area contributed by atoms with Gasteiger partial charge in [-0.2, -0.15) is 0 Å². The van der Waals surface area contributed by atoms with Crippen LogP contribution in [-0.4, -0.2) is 19.6 Å². The van der Waals surface area contributed by atoms with Crippen LogP contribution in [0.2, 0.25) is 0 Å². The van der Waals surface area contributed by atoms with Gasteiger partial charge in [-0.3, -0.25) is 9.97 Å². The monoisotopic (exact) mass is 453 g/mol. The van der Waals surface area contributed by atoms with Crippen LogP contribution >= 0.6 is 12.2 Å². The number of aromatic nitrogens is 3. The van der Waals surface area contributed by atoms with Crippen molar-refractivity contribution in [2.45, 2.75) is 39.3 Å². The number of hydrogen-bond donors (Lipinski definition) is 1. The number of nitrogens with zero attached hydrogens (tertiary/aromatic N) is 4. The maximum absolute atomic E-state index is 5.88. The molecule has 1 N–H and O–H groups in total. The summed E-state index contributed by atoms with van der Waals surface area (Å²) in [7, 11) is 0. The van der Waals surface area contributed by atoms with Crippen LogP contribution in [0.25, 0.3) is 5.69 Å². The van der Waals surface area contributed by atoms with Gasteiger partial charge in [-0.05, 0) is 86.1 Å². The highest BCUT2D eigenvalue weighted by Crippen LogP contribution is 2.43. The van der Waals surface area contributed by atoms with Gasteiger partial charge in [0.1, 0.15) is 0 Å². The Hall–Kier alpha value is -3.51. The van der Waals surface area contributed by atoms with E-state index in [2.05, 4.69) is 88.0 Å². The van der Waals surface area contributed by atoms with E-state index in [-0.39, 0.29) is 12.1 Å². The Morgan fingerprint density at radius 2 is 1.79 bits per heavy atom. The molecule has 0 saturated carbocycles. The number of pyridine rings is 2. The summed E-state index contributed by atoms with van der Waals surface area (Å²) in [6.07, 6.45) is 6.56. The van der Waals surface area contributed by atoms with Crippen molar-refractivity contribution in [3.05, 3.63) is 107 Å². The molecule has 6 heteroatoms. The lowest BCUT2D eigenvalue weighted by atomic mass is 9.96. The van der Waals surface area contributed by atoms with Crippen molar-refractivity contribution in [3.8, 4) is 5.69 Å². The van der Waals surface area contributed by atoms with Gasteiger partial charge >= 0.3 is 0 Å². The van der Waals surface area contributed by atoms with Crippen LogP contribution in [-0.2, 0) is 6.42 Å². The third kappa shape index (κ3) is 3.80. The van der Waals surface area contributed by atoms with Crippen LogP contribution in [0.4, 0.5) is 5.69 Å². The fraction of sp³-hybridized carbons (Fsp3) is 0.222. The predicted molar refractivity (Wildman–Crippen MR) is 137 cm³/mol. The molecule has 5 nitrogen and oxygen atoms in total. The first-order valence-corrected chi connectivity index (χ1v) is 11.7. The highest BCUT2D eigenvalue weighted by molar-refractivity contribution is 7.80. The summed E-state index contributed by atoms with van der Waals surface area (Å²) >= 11 is 5.88. The highest BCUT2D eigenvalue weighted by Gasteiger charge is 2.42. The van der Waals surface area contributed by atoms with E-state index in [0.717, 1.165) is 29.2 Å². The van der Waals surface area contributed by atoms with E-state index < -0.39 is 0 Å². The summed E-state index contributed by atoms with van der Waals surface area (Å²) in [6, 6.07) is 21.0. The van der Waals surface area contributed by atoms with E-state index >= 15 is 0 Å². The van der Waals surface area contributed by atoms with Crippen LogP contribution in [0, 0.1) is 13.8 Å². The highest BCUT2D eigenvalue weighted by atomic mass is 32.1. The number of thiocarbonyl (C=S) groups is 1. The third-order valence-corrected chi connectivity index (χ3v) is 6.73. The van der Waals surface area contributed by atoms with E-state index in [1.807, 2.05) is 30.6 Å². The van der Waals surface area contributed by atoms with Crippen molar-refractivity contribution >= 4 is 23.0 Å². The van der Waals surface area contributed by atoms with Gasteiger partial charge in [0.05, 0.1) is 29.7 Å². The Morgan fingerprint density at radius 3 is 2.45 bits per heavy atom. The summed E-state index contributed by atoms with van der Waals surface area (Å²) in [6.45, 7) is 6.48. The van der Waals surface area contributed by atoms with E-state index in [1.165, 1.54) is 16.8 Å². The van der Waals surface area contributed by atoms with Crippen molar-refractivity contribution in [2.24, 2.45) is 0 Å². The van der Waals surface area contributed by atoms with E-state index in [1.54, 1.807) is 6.20 Å². The van der Waals surface area contributed by atoms with Gasteiger partial charge in [-0.25, -0.2) is 0 Å². The van der Waals surface area contributed by atoms with Gasteiger partial charge in [0, 0.05) is 29.5 Å². The van der Waals surface area contributed by atoms with Crippen molar-refractivity contribution in [3.63, 3.8) is 0 Å². The minimum Gasteiger partial charge on any atom is -0.351 e. The molecule has 0 radical (unpaired) electrons. The van der Waals surface area contributed by atoms with Crippen LogP contribution in [0.15, 0.2) is 79.3 Å². The van der Waals surface area contributed by atoms with E-state index in [0.29, 0.717) is 5.11 Å². The number of aryl methyl sites for hydroxylation is 2. The maximum Gasteiger partial charge on any atom is 0.174 e. The number of rotatable bonds is 5. The lowest BCUT2D eigenvalue weighted by Crippen LogP contribution is -2.29. The molecule has 0 bridgehead atoms. The zero-order chi connectivity index (χ0) is 22.9.